The molecule has 0 amide bonds. The topological polar surface area (TPSA) is 192 Å². The molecule has 0 heterocycles. The molecule has 0 aliphatic heterocycles. The smallest absolute Gasteiger partial charge is 0.872 e. The van der Waals surface area contributed by atoms with Gasteiger partial charge in [0.05, 0.1) is 9.79 Å². The Morgan fingerprint density at radius 2 is 1.17 bits per heavy atom. The van der Waals surface area contributed by atoms with Crippen molar-refractivity contribution in [2.75, 3.05) is 0 Å². The molecule has 0 aliphatic rings. The van der Waals surface area contributed by atoms with Crippen molar-refractivity contribution in [1.82, 2.24) is 0 Å². The minimum atomic E-state index is -5.33. The SMILES string of the molecule is O=S(=O)([O-])c1cc(S(=O)(=O)O)c2c3cccc4cc([O-])cc(c5c(S(=O)(=O)[O-])ccc1c52)c43.[Na+].[Na+].[Na+]. The van der Waals surface area contributed by atoms with E-state index < -0.39 is 56.2 Å². The summed E-state index contributed by atoms with van der Waals surface area (Å²) >= 11 is 0. The Morgan fingerprint density at radius 3 is 1.72 bits per heavy atom. The monoisotopic (exact) mass is 574 g/mol. The van der Waals surface area contributed by atoms with Crippen LogP contribution in [0.2, 0.25) is 0 Å². The number of rotatable bonds is 3. The quantitative estimate of drug-likeness (QED) is 0.0937. The number of hydrogen-bond acceptors (Lipinski definition) is 9. The van der Waals surface area contributed by atoms with Crippen molar-refractivity contribution >= 4 is 73.4 Å². The molecule has 1 N–H and O–H groups in total. The molecular weight excluding hydrogens is 565 g/mol. The van der Waals surface area contributed by atoms with Crippen LogP contribution >= 0.6 is 0 Å². The van der Waals surface area contributed by atoms with Crippen molar-refractivity contribution < 1.29 is 133 Å². The molecule has 5 aromatic carbocycles. The van der Waals surface area contributed by atoms with E-state index in [-0.39, 0.29) is 126 Å². The Labute approximate surface area is 271 Å². The maximum Gasteiger partial charge on any atom is 1.00 e. The summed E-state index contributed by atoms with van der Waals surface area (Å²) in [6, 6.07) is 8.83. The fourth-order valence-corrected chi connectivity index (χ4v) is 6.61. The third-order valence-electron chi connectivity index (χ3n) is 5.50. The average molecular weight is 574 g/mol. The second kappa shape index (κ2) is 10.5. The molecule has 0 fully saturated rings. The Kier molecular flexibility index (Phi) is 9.36. The summed E-state index contributed by atoms with van der Waals surface area (Å²) in [5, 5.41) is 11.5. The maximum absolute atomic E-state index is 12.3. The van der Waals surface area contributed by atoms with Gasteiger partial charge in [0.25, 0.3) is 10.1 Å². The fourth-order valence-electron chi connectivity index (χ4n) is 4.40. The van der Waals surface area contributed by atoms with Crippen LogP contribution in [0.4, 0.5) is 0 Å². The van der Waals surface area contributed by atoms with Crippen LogP contribution in [0.25, 0.3) is 43.1 Å². The molecule has 0 saturated carbocycles. The predicted octanol–water partition coefficient (Wildman–Crippen LogP) is -7.12. The van der Waals surface area contributed by atoms with Crippen molar-refractivity contribution in [3.05, 3.63) is 48.5 Å². The van der Waals surface area contributed by atoms with Crippen molar-refractivity contribution in [3.63, 3.8) is 0 Å². The van der Waals surface area contributed by atoms with E-state index in [0.717, 1.165) is 18.2 Å². The third kappa shape index (κ3) is 5.10. The summed E-state index contributed by atoms with van der Waals surface area (Å²) in [6.07, 6.45) is 0. The first-order chi connectivity index (χ1) is 15.2. The molecule has 5 aromatic rings. The molecule has 10 nitrogen and oxygen atoms in total. The molecule has 0 bridgehead atoms. The van der Waals surface area contributed by atoms with E-state index in [0.29, 0.717) is 6.07 Å². The van der Waals surface area contributed by atoms with Crippen molar-refractivity contribution in [2.24, 2.45) is 0 Å². The zero-order chi connectivity index (χ0) is 24.1. The van der Waals surface area contributed by atoms with Crippen molar-refractivity contribution in [2.45, 2.75) is 14.7 Å². The minimum absolute atomic E-state index is 0. The molecule has 0 saturated heterocycles. The first-order valence-corrected chi connectivity index (χ1v) is 13.2. The molecule has 16 heteroatoms. The first-order valence-electron chi connectivity index (χ1n) is 8.97. The zero-order valence-electron chi connectivity index (χ0n) is 19.0. The molecule has 5 rings (SSSR count). The Hall–Kier alpha value is -0.0700. The normalized spacial score (nSPS) is 12.4. The summed E-state index contributed by atoms with van der Waals surface area (Å²) in [6.45, 7) is 0. The van der Waals surface area contributed by atoms with Gasteiger partial charge in [-0.15, -0.1) is 5.75 Å². The van der Waals surface area contributed by atoms with Crippen LogP contribution in [0, 0.1) is 0 Å². The molecule has 0 radical (unpaired) electrons. The zero-order valence-corrected chi connectivity index (χ0v) is 27.4. The van der Waals surface area contributed by atoms with Crippen LogP contribution in [0.3, 0.4) is 0 Å². The Balaban J connectivity index is 0.00000152. The largest absolute Gasteiger partial charge is 1.00 e. The van der Waals surface area contributed by atoms with E-state index in [4.69, 9.17) is 0 Å². The van der Waals surface area contributed by atoms with Crippen LogP contribution in [0.5, 0.6) is 5.75 Å². The van der Waals surface area contributed by atoms with Crippen LogP contribution in [-0.2, 0) is 30.4 Å². The summed E-state index contributed by atoms with van der Waals surface area (Å²) in [4.78, 5) is -2.85. The van der Waals surface area contributed by atoms with Gasteiger partial charge in [-0.2, -0.15) is 8.42 Å². The molecule has 170 valence electrons. The maximum atomic E-state index is 12.3. The van der Waals surface area contributed by atoms with Crippen LogP contribution < -0.4 is 93.8 Å². The van der Waals surface area contributed by atoms with Gasteiger partial charge < -0.3 is 14.2 Å². The summed E-state index contributed by atoms with van der Waals surface area (Å²) in [7, 11) is -15.7. The van der Waals surface area contributed by atoms with E-state index in [1.165, 1.54) is 24.3 Å². The third-order valence-corrected chi connectivity index (χ3v) is 8.13. The van der Waals surface area contributed by atoms with E-state index in [9.17, 15) is 44.0 Å². The molecule has 0 aliphatic carbocycles. The molecular formula is C20H9Na3O10S3. The Bertz CT molecular complexity index is 2010. The summed E-state index contributed by atoms with van der Waals surface area (Å²) < 4.78 is 107. The van der Waals surface area contributed by atoms with Gasteiger partial charge in [-0.25, -0.2) is 16.8 Å². The first kappa shape index (κ1) is 32.1. The van der Waals surface area contributed by atoms with Crippen LogP contribution in [0.15, 0.2) is 63.2 Å². The van der Waals surface area contributed by atoms with E-state index in [1.54, 1.807) is 0 Å². The molecule has 0 aromatic heterocycles. The van der Waals surface area contributed by atoms with Gasteiger partial charge >= 0.3 is 88.7 Å². The van der Waals surface area contributed by atoms with Gasteiger partial charge in [-0.3, -0.25) is 4.55 Å². The van der Waals surface area contributed by atoms with Gasteiger partial charge in [0.15, 0.2) is 0 Å². The Morgan fingerprint density at radius 1 is 0.583 bits per heavy atom. The number of fused-ring (bicyclic) bond motifs is 2. The second-order valence-electron chi connectivity index (χ2n) is 7.37. The van der Waals surface area contributed by atoms with Gasteiger partial charge in [-0.1, -0.05) is 36.4 Å². The van der Waals surface area contributed by atoms with Crippen LogP contribution in [-0.4, -0.2) is 38.9 Å². The number of benzene rings is 5. The van der Waals surface area contributed by atoms with Crippen molar-refractivity contribution in [3.8, 4) is 5.75 Å². The fraction of sp³-hybridized carbons (Fsp3) is 0. The number of hydrogen-bond donors (Lipinski definition) is 1. The standard InChI is InChI=1S/C20H12O10S3.3Na/c21-10-6-9-2-1-3-12-17(9)13(7-10)19-14(31(22,23)24)5-4-11-15(32(25,26)27)8-16(33(28,29)30)18(12)20(11)19;;;/h1-8,21H,(H,22,23,24)(H,25,26,27)(H,28,29,30);;;/q;3*+1/p-3. The van der Waals surface area contributed by atoms with Gasteiger partial charge in [-0.05, 0) is 33.7 Å². The summed E-state index contributed by atoms with van der Waals surface area (Å²) in [5.41, 5.74) is 0. The van der Waals surface area contributed by atoms with Gasteiger partial charge in [0.2, 0.25) is 0 Å². The van der Waals surface area contributed by atoms with E-state index >= 15 is 0 Å². The van der Waals surface area contributed by atoms with E-state index in [2.05, 4.69) is 0 Å². The second-order valence-corrected chi connectivity index (χ2v) is 11.5. The minimum Gasteiger partial charge on any atom is -0.872 e. The van der Waals surface area contributed by atoms with E-state index in [1.807, 2.05) is 0 Å². The molecule has 0 unspecified atom stereocenters. The van der Waals surface area contributed by atoms with Gasteiger partial charge in [0, 0.05) is 21.5 Å². The molecule has 0 atom stereocenters. The predicted molar refractivity (Wildman–Crippen MR) is 113 cm³/mol. The van der Waals surface area contributed by atoms with Crippen molar-refractivity contribution in [1.29, 1.82) is 0 Å². The van der Waals surface area contributed by atoms with Gasteiger partial charge in [0.1, 0.15) is 25.1 Å². The molecule has 0 spiro atoms. The summed E-state index contributed by atoms with van der Waals surface area (Å²) in [5.74, 6) is -0.563. The molecule has 36 heavy (non-hydrogen) atoms. The van der Waals surface area contributed by atoms with Crippen LogP contribution in [0.1, 0.15) is 0 Å². The average Bonchev–Trinajstić information content (AvgIpc) is 2.67.